The molecule has 0 aliphatic heterocycles. The van der Waals surface area contributed by atoms with Crippen molar-refractivity contribution in [3.05, 3.63) is 33.6 Å². The van der Waals surface area contributed by atoms with Crippen molar-refractivity contribution >= 4 is 40.2 Å². The zero-order valence-corrected chi connectivity index (χ0v) is 18.2. The molecule has 7 heteroatoms. The lowest BCUT2D eigenvalue weighted by atomic mass is 10.0. The van der Waals surface area contributed by atoms with Crippen LogP contribution in [0.25, 0.3) is 10.9 Å². The van der Waals surface area contributed by atoms with Gasteiger partial charge in [-0.05, 0) is 57.7 Å². The van der Waals surface area contributed by atoms with Gasteiger partial charge in [0.2, 0.25) is 5.91 Å². The van der Waals surface area contributed by atoms with Crippen molar-refractivity contribution < 1.29 is 4.79 Å². The largest absolute Gasteiger partial charge is 0.353 e. The highest BCUT2D eigenvalue weighted by atomic mass is 35.5. The SMILES string of the molecule is CC(C)CC[C@@H](C)NC(=O)CSc1nc2cc(Cl)ccc2c(=O)n1C(C)C. The quantitative estimate of drug-likeness (QED) is 0.508. The monoisotopic (exact) mass is 409 g/mol. The van der Waals surface area contributed by atoms with Crippen LogP contribution in [0.2, 0.25) is 5.02 Å². The van der Waals surface area contributed by atoms with E-state index in [2.05, 4.69) is 24.1 Å². The van der Waals surface area contributed by atoms with E-state index < -0.39 is 0 Å². The highest BCUT2D eigenvalue weighted by Gasteiger charge is 2.16. The molecular formula is C20H28ClN3O2S. The molecule has 1 N–H and O–H groups in total. The van der Waals surface area contributed by atoms with Crippen LogP contribution in [0.4, 0.5) is 0 Å². The fourth-order valence-electron chi connectivity index (χ4n) is 2.81. The summed E-state index contributed by atoms with van der Waals surface area (Å²) in [5.41, 5.74) is 0.442. The number of nitrogens with one attached hydrogen (secondary N) is 1. The summed E-state index contributed by atoms with van der Waals surface area (Å²) in [6, 6.07) is 5.15. The molecule has 0 aliphatic rings. The lowest BCUT2D eigenvalue weighted by Crippen LogP contribution is -2.34. The van der Waals surface area contributed by atoms with Gasteiger partial charge in [-0.25, -0.2) is 4.98 Å². The van der Waals surface area contributed by atoms with Crippen LogP contribution in [-0.4, -0.2) is 27.3 Å². The third kappa shape index (κ3) is 5.98. The van der Waals surface area contributed by atoms with Gasteiger partial charge in [0.05, 0.1) is 16.7 Å². The van der Waals surface area contributed by atoms with E-state index >= 15 is 0 Å². The summed E-state index contributed by atoms with van der Waals surface area (Å²) in [6.45, 7) is 10.2. The van der Waals surface area contributed by atoms with Gasteiger partial charge in [0.1, 0.15) is 0 Å². The Kier molecular flexibility index (Phi) is 7.74. The fraction of sp³-hybridized carbons (Fsp3) is 0.550. The van der Waals surface area contributed by atoms with Crippen LogP contribution in [0.5, 0.6) is 0 Å². The summed E-state index contributed by atoms with van der Waals surface area (Å²) in [6.07, 6.45) is 2.03. The molecule has 0 bridgehead atoms. The van der Waals surface area contributed by atoms with E-state index in [4.69, 9.17) is 11.6 Å². The van der Waals surface area contributed by atoms with Gasteiger partial charge in [-0.2, -0.15) is 0 Å². The summed E-state index contributed by atoms with van der Waals surface area (Å²) >= 11 is 7.32. The van der Waals surface area contributed by atoms with E-state index in [0.717, 1.165) is 12.8 Å². The number of fused-ring (bicyclic) bond motifs is 1. The first kappa shape index (κ1) is 21.8. The van der Waals surface area contributed by atoms with E-state index in [9.17, 15) is 9.59 Å². The average Bonchev–Trinajstić information content (AvgIpc) is 2.57. The number of hydrogen-bond donors (Lipinski definition) is 1. The first-order valence-corrected chi connectivity index (χ1v) is 10.7. The maximum Gasteiger partial charge on any atom is 0.262 e. The van der Waals surface area contributed by atoms with Gasteiger partial charge in [-0.3, -0.25) is 14.2 Å². The molecule has 0 saturated heterocycles. The topological polar surface area (TPSA) is 64.0 Å². The minimum atomic E-state index is -0.111. The van der Waals surface area contributed by atoms with Crippen molar-refractivity contribution in [3.63, 3.8) is 0 Å². The first-order valence-electron chi connectivity index (χ1n) is 9.33. The summed E-state index contributed by atoms with van der Waals surface area (Å²) in [4.78, 5) is 29.7. The molecular weight excluding hydrogens is 382 g/mol. The Labute approximate surface area is 169 Å². The van der Waals surface area contributed by atoms with Gasteiger partial charge in [-0.1, -0.05) is 37.2 Å². The van der Waals surface area contributed by atoms with Crippen LogP contribution in [0.1, 0.15) is 53.5 Å². The summed E-state index contributed by atoms with van der Waals surface area (Å²) in [5, 5.41) is 4.62. The van der Waals surface area contributed by atoms with E-state index in [-0.39, 0.29) is 29.3 Å². The average molecular weight is 410 g/mol. The molecule has 27 heavy (non-hydrogen) atoms. The van der Waals surface area contributed by atoms with Crippen LogP contribution in [-0.2, 0) is 4.79 Å². The molecule has 148 valence electrons. The number of carbonyl (C=O) groups excluding carboxylic acids is 1. The van der Waals surface area contributed by atoms with E-state index in [1.54, 1.807) is 22.8 Å². The first-order chi connectivity index (χ1) is 12.7. The molecule has 0 fully saturated rings. The fourth-order valence-corrected chi connectivity index (χ4v) is 3.92. The van der Waals surface area contributed by atoms with Crippen molar-refractivity contribution in [3.8, 4) is 0 Å². The van der Waals surface area contributed by atoms with E-state index in [1.165, 1.54) is 11.8 Å². The van der Waals surface area contributed by atoms with Gasteiger partial charge in [-0.15, -0.1) is 0 Å². The second kappa shape index (κ2) is 9.60. The number of hydrogen-bond acceptors (Lipinski definition) is 4. The molecule has 1 atom stereocenters. The van der Waals surface area contributed by atoms with Gasteiger partial charge in [0.25, 0.3) is 5.56 Å². The third-order valence-corrected chi connectivity index (χ3v) is 5.45. The second-order valence-corrected chi connectivity index (χ2v) is 8.93. The highest BCUT2D eigenvalue weighted by Crippen LogP contribution is 2.22. The maximum atomic E-state index is 12.8. The Morgan fingerprint density at radius 1 is 1.22 bits per heavy atom. The Balaban J connectivity index is 2.16. The van der Waals surface area contributed by atoms with Gasteiger partial charge in [0, 0.05) is 17.1 Å². The molecule has 1 heterocycles. The van der Waals surface area contributed by atoms with E-state index in [0.29, 0.717) is 27.0 Å². The lowest BCUT2D eigenvalue weighted by Gasteiger charge is -2.17. The predicted octanol–water partition coefficient (Wildman–Crippen LogP) is 4.66. The third-order valence-electron chi connectivity index (χ3n) is 4.26. The van der Waals surface area contributed by atoms with Gasteiger partial charge < -0.3 is 5.32 Å². The number of benzene rings is 1. The standard InChI is InChI=1S/C20H28ClN3O2S/c1-12(2)6-7-14(5)22-18(25)11-27-20-23-17-10-15(21)8-9-16(17)19(26)24(20)13(3)4/h8-10,12-14H,6-7,11H2,1-5H3,(H,22,25)/t14-/m1/s1. The van der Waals surface area contributed by atoms with Crippen LogP contribution >= 0.6 is 23.4 Å². The number of carbonyl (C=O) groups is 1. The molecule has 0 aliphatic carbocycles. The molecule has 1 amide bonds. The Morgan fingerprint density at radius 2 is 1.93 bits per heavy atom. The molecule has 2 aromatic rings. The van der Waals surface area contributed by atoms with Crippen molar-refractivity contribution in [2.45, 2.75) is 64.7 Å². The Hall–Kier alpha value is -1.53. The van der Waals surface area contributed by atoms with Crippen molar-refractivity contribution in [1.29, 1.82) is 0 Å². The predicted molar refractivity (Wildman–Crippen MR) is 114 cm³/mol. The summed E-state index contributed by atoms with van der Waals surface area (Å²) in [7, 11) is 0. The van der Waals surface area contributed by atoms with Crippen molar-refractivity contribution in [2.75, 3.05) is 5.75 Å². The zero-order chi connectivity index (χ0) is 20.1. The summed E-state index contributed by atoms with van der Waals surface area (Å²) in [5.74, 6) is 0.789. The second-order valence-electron chi connectivity index (χ2n) is 7.55. The van der Waals surface area contributed by atoms with E-state index in [1.807, 2.05) is 20.8 Å². The molecule has 0 unspecified atom stereocenters. The Morgan fingerprint density at radius 3 is 2.56 bits per heavy atom. The van der Waals surface area contributed by atoms with Crippen molar-refractivity contribution in [1.82, 2.24) is 14.9 Å². The molecule has 5 nitrogen and oxygen atoms in total. The maximum absolute atomic E-state index is 12.8. The zero-order valence-electron chi connectivity index (χ0n) is 16.6. The number of thioether (sulfide) groups is 1. The molecule has 2 rings (SSSR count). The van der Waals surface area contributed by atoms with Crippen LogP contribution in [0.3, 0.4) is 0 Å². The lowest BCUT2D eigenvalue weighted by molar-refractivity contribution is -0.119. The minimum absolute atomic E-state index is 0.0491. The molecule has 1 aromatic heterocycles. The van der Waals surface area contributed by atoms with Crippen LogP contribution in [0, 0.1) is 5.92 Å². The highest BCUT2D eigenvalue weighted by molar-refractivity contribution is 7.99. The molecule has 0 spiro atoms. The Bertz CT molecular complexity index is 864. The number of halogens is 1. The summed E-state index contributed by atoms with van der Waals surface area (Å²) < 4.78 is 1.64. The molecule has 1 aromatic carbocycles. The number of rotatable bonds is 8. The van der Waals surface area contributed by atoms with Gasteiger partial charge in [0.15, 0.2) is 5.16 Å². The number of aromatic nitrogens is 2. The van der Waals surface area contributed by atoms with Crippen molar-refractivity contribution in [2.24, 2.45) is 5.92 Å². The molecule has 0 radical (unpaired) electrons. The minimum Gasteiger partial charge on any atom is -0.353 e. The van der Waals surface area contributed by atoms with Crippen LogP contribution < -0.4 is 10.9 Å². The van der Waals surface area contributed by atoms with Gasteiger partial charge >= 0.3 is 0 Å². The normalized spacial score (nSPS) is 12.7. The van der Waals surface area contributed by atoms with Crippen LogP contribution in [0.15, 0.2) is 28.2 Å². The number of nitrogens with zero attached hydrogens (tertiary/aromatic N) is 2. The smallest absolute Gasteiger partial charge is 0.262 e. The molecule has 0 saturated carbocycles. The number of amides is 1.